The zero-order chi connectivity index (χ0) is 15.6. The molecule has 1 aromatic carbocycles. The Balaban J connectivity index is 2.43. The number of hydrogen-bond donors (Lipinski definition) is 2. The lowest BCUT2D eigenvalue weighted by Gasteiger charge is -2.20. The molecule has 0 saturated carbocycles. The zero-order valence-corrected chi connectivity index (χ0v) is 12.3. The topological polar surface area (TPSA) is 85.2 Å². The van der Waals surface area contributed by atoms with Crippen LogP contribution in [0.4, 0.5) is 5.69 Å². The third kappa shape index (κ3) is 3.51. The number of nitrogen functional groups attached to an aromatic ring is 1. The number of carbonyl (C=O) groups is 1. The Hall–Kier alpha value is -2.56. The van der Waals surface area contributed by atoms with Gasteiger partial charge in [0.25, 0.3) is 0 Å². The second kappa shape index (κ2) is 5.44. The number of carbonyl (C=O) groups excluding carboxylic acids is 1. The summed E-state index contributed by atoms with van der Waals surface area (Å²) in [4.78, 5) is 25.9. The highest BCUT2D eigenvalue weighted by molar-refractivity contribution is 5.99. The SMILES string of the molecule is CC(C)(C)OC(=O)c1cccc(-c2ccc(=O)[nH]c2)c1N. The molecule has 2 aromatic rings. The van der Waals surface area contributed by atoms with Gasteiger partial charge in [-0.25, -0.2) is 4.79 Å². The second-order valence-corrected chi connectivity index (χ2v) is 5.71. The number of H-pyrrole nitrogens is 1. The van der Waals surface area contributed by atoms with Crippen molar-refractivity contribution < 1.29 is 9.53 Å². The average Bonchev–Trinajstić information content (AvgIpc) is 2.38. The Morgan fingerprint density at radius 1 is 1.19 bits per heavy atom. The third-order valence-corrected chi connectivity index (χ3v) is 2.82. The minimum Gasteiger partial charge on any atom is -0.456 e. The highest BCUT2D eigenvalue weighted by Crippen LogP contribution is 2.28. The van der Waals surface area contributed by atoms with Gasteiger partial charge in [-0.2, -0.15) is 0 Å². The summed E-state index contributed by atoms with van der Waals surface area (Å²) in [6.45, 7) is 5.40. The number of ether oxygens (including phenoxy) is 1. The first-order valence-corrected chi connectivity index (χ1v) is 6.59. The number of para-hydroxylation sites is 1. The number of aromatic amines is 1. The number of aromatic nitrogens is 1. The highest BCUT2D eigenvalue weighted by atomic mass is 16.6. The maximum atomic E-state index is 12.2. The summed E-state index contributed by atoms with van der Waals surface area (Å²) in [5.74, 6) is -0.466. The minimum absolute atomic E-state index is 0.194. The number of hydrogen-bond acceptors (Lipinski definition) is 4. The van der Waals surface area contributed by atoms with Gasteiger partial charge in [0.2, 0.25) is 5.56 Å². The summed E-state index contributed by atoms with van der Waals surface area (Å²) in [7, 11) is 0. The molecule has 1 heterocycles. The molecule has 0 saturated heterocycles. The van der Waals surface area contributed by atoms with Crippen LogP contribution in [0.15, 0.2) is 41.3 Å². The largest absolute Gasteiger partial charge is 0.456 e. The Morgan fingerprint density at radius 2 is 1.90 bits per heavy atom. The standard InChI is InChI=1S/C16H18N2O3/c1-16(2,3)21-15(20)12-6-4-5-11(14(12)17)10-7-8-13(19)18-9-10/h4-9H,17H2,1-3H3,(H,18,19). The third-order valence-electron chi connectivity index (χ3n) is 2.82. The predicted octanol–water partition coefficient (Wildman–Crippen LogP) is 2.58. The summed E-state index contributed by atoms with van der Waals surface area (Å²) in [6, 6.07) is 8.21. The summed E-state index contributed by atoms with van der Waals surface area (Å²) in [6.07, 6.45) is 1.56. The van der Waals surface area contributed by atoms with E-state index in [9.17, 15) is 9.59 Å². The molecule has 0 unspecified atom stereocenters. The molecule has 5 heteroatoms. The van der Waals surface area contributed by atoms with Crippen LogP contribution >= 0.6 is 0 Å². The first kappa shape index (κ1) is 14.8. The van der Waals surface area contributed by atoms with Crippen molar-refractivity contribution in [3.05, 3.63) is 52.4 Å². The summed E-state index contributed by atoms with van der Waals surface area (Å²) < 4.78 is 5.34. The van der Waals surface area contributed by atoms with E-state index in [-0.39, 0.29) is 5.56 Å². The van der Waals surface area contributed by atoms with Crippen LogP contribution < -0.4 is 11.3 Å². The van der Waals surface area contributed by atoms with Gasteiger partial charge >= 0.3 is 5.97 Å². The lowest BCUT2D eigenvalue weighted by Crippen LogP contribution is -2.24. The van der Waals surface area contributed by atoms with Crippen LogP contribution in [-0.2, 0) is 4.74 Å². The van der Waals surface area contributed by atoms with Gasteiger partial charge in [0, 0.05) is 23.4 Å². The Labute approximate surface area is 122 Å². The molecule has 21 heavy (non-hydrogen) atoms. The monoisotopic (exact) mass is 286 g/mol. The van der Waals surface area contributed by atoms with Crippen molar-refractivity contribution in [2.24, 2.45) is 0 Å². The lowest BCUT2D eigenvalue weighted by atomic mass is 10.0. The van der Waals surface area contributed by atoms with Crippen LogP contribution in [0.3, 0.4) is 0 Å². The molecule has 1 aromatic heterocycles. The van der Waals surface area contributed by atoms with Gasteiger partial charge in [0.05, 0.1) is 11.3 Å². The number of anilines is 1. The van der Waals surface area contributed by atoms with Gasteiger partial charge in [-0.3, -0.25) is 4.79 Å². The molecule has 0 radical (unpaired) electrons. The minimum atomic E-state index is -0.586. The van der Waals surface area contributed by atoms with Gasteiger partial charge < -0.3 is 15.5 Å². The molecule has 3 N–H and O–H groups in total. The van der Waals surface area contributed by atoms with Crippen LogP contribution in [0.2, 0.25) is 0 Å². The van der Waals surface area contributed by atoms with E-state index in [1.807, 2.05) is 0 Å². The van der Waals surface area contributed by atoms with E-state index in [1.165, 1.54) is 6.07 Å². The van der Waals surface area contributed by atoms with Crippen molar-refractivity contribution in [1.82, 2.24) is 4.98 Å². The van der Waals surface area contributed by atoms with Crippen LogP contribution in [0.1, 0.15) is 31.1 Å². The molecule has 110 valence electrons. The van der Waals surface area contributed by atoms with E-state index in [0.29, 0.717) is 16.8 Å². The van der Waals surface area contributed by atoms with Gasteiger partial charge in [0.15, 0.2) is 0 Å². The molecule has 5 nitrogen and oxygen atoms in total. The molecule has 0 spiro atoms. The van der Waals surface area contributed by atoms with E-state index in [0.717, 1.165) is 5.56 Å². The van der Waals surface area contributed by atoms with E-state index >= 15 is 0 Å². The van der Waals surface area contributed by atoms with Crippen molar-refractivity contribution in [1.29, 1.82) is 0 Å². The number of rotatable bonds is 2. The average molecular weight is 286 g/mol. The molecule has 0 fully saturated rings. The maximum Gasteiger partial charge on any atom is 0.340 e. The zero-order valence-electron chi connectivity index (χ0n) is 12.3. The first-order valence-electron chi connectivity index (χ1n) is 6.59. The Bertz CT molecular complexity index is 707. The van der Waals surface area contributed by atoms with E-state index in [2.05, 4.69) is 4.98 Å². The van der Waals surface area contributed by atoms with Crippen molar-refractivity contribution >= 4 is 11.7 Å². The molecule has 0 aliphatic heterocycles. The van der Waals surface area contributed by atoms with Gasteiger partial charge in [-0.05, 0) is 32.9 Å². The molecule has 0 bridgehead atoms. The quantitative estimate of drug-likeness (QED) is 0.656. The Kier molecular flexibility index (Phi) is 3.84. The molecule has 2 rings (SSSR count). The second-order valence-electron chi connectivity index (χ2n) is 5.71. The van der Waals surface area contributed by atoms with Crippen LogP contribution in [0.5, 0.6) is 0 Å². The summed E-state index contributed by atoms with van der Waals surface area (Å²) in [5, 5.41) is 0. The van der Waals surface area contributed by atoms with Crippen molar-refractivity contribution in [3.8, 4) is 11.1 Å². The normalized spacial score (nSPS) is 11.2. The fraction of sp³-hybridized carbons (Fsp3) is 0.250. The van der Waals surface area contributed by atoms with E-state index in [1.54, 1.807) is 51.2 Å². The summed E-state index contributed by atoms with van der Waals surface area (Å²) >= 11 is 0. The number of nitrogens with one attached hydrogen (secondary N) is 1. The molecular weight excluding hydrogens is 268 g/mol. The van der Waals surface area contributed by atoms with Gasteiger partial charge in [0.1, 0.15) is 5.60 Å². The summed E-state index contributed by atoms with van der Waals surface area (Å²) in [5.41, 5.74) is 7.36. The molecular formula is C16H18N2O3. The van der Waals surface area contributed by atoms with Gasteiger partial charge in [-0.15, -0.1) is 0 Å². The molecule has 0 aliphatic rings. The fourth-order valence-electron chi connectivity index (χ4n) is 1.91. The lowest BCUT2D eigenvalue weighted by molar-refractivity contribution is 0.00708. The molecule has 0 aliphatic carbocycles. The number of pyridine rings is 1. The molecule has 0 atom stereocenters. The highest BCUT2D eigenvalue weighted by Gasteiger charge is 2.21. The number of esters is 1. The van der Waals surface area contributed by atoms with Crippen LogP contribution in [-0.4, -0.2) is 16.6 Å². The van der Waals surface area contributed by atoms with Crippen molar-refractivity contribution in [2.45, 2.75) is 26.4 Å². The number of benzene rings is 1. The predicted molar refractivity (Wildman–Crippen MR) is 82.1 cm³/mol. The van der Waals surface area contributed by atoms with Gasteiger partial charge in [-0.1, -0.05) is 12.1 Å². The fourth-order valence-corrected chi connectivity index (χ4v) is 1.91. The smallest absolute Gasteiger partial charge is 0.340 e. The van der Waals surface area contributed by atoms with E-state index < -0.39 is 11.6 Å². The number of nitrogens with two attached hydrogens (primary N) is 1. The van der Waals surface area contributed by atoms with Crippen molar-refractivity contribution in [2.75, 3.05) is 5.73 Å². The first-order chi connectivity index (χ1) is 9.78. The maximum absolute atomic E-state index is 12.2. The van der Waals surface area contributed by atoms with E-state index in [4.69, 9.17) is 10.5 Å². The Morgan fingerprint density at radius 3 is 2.48 bits per heavy atom. The molecule has 0 amide bonds. The van der Waals surface area contributed by atoms with Crippen molar-refractivity contribution in [3.63, 3.8) is 0 Å². The van der Waals surface area contributed by atoms with Crippen LogP contribution in [0.25, 0.3) is 11.1 Å². The van der Waals surface area contributed by atoms with Crippen LogP contribution in [0, 0.1) is 0 Å².